The van der Waals surface area contributed by atoms with E-state index in [9.17, 15) is 0 Å². The van der Waals surface area contributed by atoms with Crippen LogP contribution in [0.1, 0.15) is 6.92 Å². The van der Waals surface area contributed by atoms with Crippen molar-refractivity contribution in [2.45, 2.75) is 13.0 Å². The van der Waals surface area contributed by atoms with Crippen molar-refractivity contribution in [3.63, 3.8) is 0 Å². The summed E-state index contributed by atoms with van der Waals surface area (Å²) in [7, 11) is 0. The van der Waals surface area contributed by atoms with E-state index >= 15 is 0 Å². The zero-order chi connectivity index (χ0) is 4.57. The van der Waals surface area contributed by atoms with Crippen molar-refractivity contribution in [1.82, 2.24) is 0 Å². The molecule has 0 aromatic carbocycles. The van der Waals surface area contributed by atoms with Crippen LogP contribution >= 0.6 is 0 Å². The Bertz CT molecular complexity index is 104. The fraction of sp³-hybridized carbons (Fsp3) is 0.500. The summed E-state index contributed by atoms with van der Waals surface area (Å²) in [6.07, 6.45) is 1.34. The van der Waals surface area contributed by atoms with Gasteiger partial charge in [-0.25, -0.2) is 0 Å². The zero-order valence-corrected chi connectivity index (χ0v) is 3.60. The Labute approximate surface area is 36.4 Å². The second-order valence-electron chi connectivity index (χ2n) is 1.38. The molecule has 0 aromatic heterocycles. The molecule has 1 unspecified atom stereocenters. The molecule has 0 bridgehead atoms. The second-order valence-corrected chi connectivity index (χ2v) is 1.38. The summed E-state index contributed by atoms with van der Waals surface area (Å²) >= 11 is 0. The zero-order valence-electron chi connectivity index (χ0n) is 3.60. The van der Waals surface area contributed by atoms with Crippen molar-refractivity contribution in [3.8, 4) is 0 Å². The van der Waals surface area contributed by atoms with Crippen LogP contribution in [-0.2, 0) is 0 Å². The summed E-state index contributed by atoms with van der Waals surface area (Å²) in [5.41, 5.74) is 1.09. The molecule has 1 aliphatic rings. The molecule has 1 heterocycles. The molecule has 0 saturated heterocycles. The van der Waals surface area contributed by atoms with Crippen molar-refractivity contribution in [2.75, 3.05) is 0 Å². The van der Waals surface area contributed by atoms with Gasteiger partial charge in [0.25, 0.3) is 0 Å². The first-order valence-corrected chi connectivity index (χ1v) is 1.89. The number of nitrogens with zero attached hydrogens (tertiary/aromatic N) is 1. The molecular formula is C4H6N2. The summed E-state index contributed by atoms with van der Waals surface area (Å²) in [5.74, 6) is 0. The highest BCUT2D eigenvalue weighted by atomic mass is 15.0. The van der Waals surface area contributed by atoms with E-state index in [2.05, 4.69) is 4.99 Å². The number of rotatable bonds is 1. The van der Waals surface area contributed by atoms with E-state index in [4.69, 9.17) is 5.41 Å². The minimum Gasteiger partial charge on any atom is -0.310 e. The Morgan fingerprint density at radius 1 is 2.00 bits per heavy atom. The van der Waals surface area contributed by atoms with Crippen molar-refractivity contribution < 1.29 is 0 Å². The average molecular weight is 82.1 g/mol. The maximum absolute atomic E-state index is 6.61. The van der Waals surface area contributed by atoms with Gasteiger partial charge < -0.3 is 5.41 Å². The van der Waals surface area contributed by atoms with Gasteiger partial charge in [-0.15, -0.1) is 0 Å². The van der Waals surface area contributed by atoms with Gasteiger partial charge in [0.15, 0.2) is 0 Å². The number of nitrogens with one attached hydrogen (secondary N) is 1. The lowest BCUT2D eigenvalue weighted by Gasteiger charge is -1.67. The van der Waals surface area contributed by atoms with E-state index in [1.165, 1.54) is 6.21 Å². The van der Waals surface area contributed by atoms with Crippen LogP contribution in [0.2, 0.25) is 0 Å². The highest BCUT2D eigenvalue weighted by Crippen LogP contribution is 2.05. The molecule has 2 nitrogen and oxygen atoms in total. The fourth-order valence-electron chi connectivity index (χ4n) is 0.340. The molecule has 0 aromatic rings. The Kier molecular flexibility index (Phi) is 0.528. The van der Waals surface area contributed by atoms with Gasteiger partial charge in [-0.1, -0.05) is 0 Å². The topological polar surface area (TPSA) is 36.2 Å². The van der Waals surface area contributed by atoms with Gasteiger partial charge >= 0.3 is 0 Å². The average Bonchev–Trinajstić information content (AvgIpc) is 2.19. The van der Waals surface area contributed by atoms with E-state index in [1.54, 1.807) is 0 Å². The third-order valence-electron chi connectivity index (χ3n) is 0.861. The lowest BCUT2D eigenvalue weighted by Crippen LogP contribution is -1.90. The SMILES string of the molecule is CC1=NC1C=N. The van der Waals surface area contributed by atoms with Gasteiger partial charge in [0.2, 0.25) is 0 Å². The lowest BCUT2D eigenvalue weighted by molar-refractivity contribution is 1.35. The highest BCUT2D eigenvalue weighted by Gasteiger charge is 2.17. The van der Waals surface area contributed by atoms with Crippen molar-refractivity contribution in [1.29, 1.82) is 5.41 Å². The van der Waals surface area contributed by atoms with Gasteiger partial charge in [-0.05, 0) is 6.92 Å². The molecule has 0 aliphatic carbocycles. The third kappa shape index (κ3) is 0.339. The van der Waals surface area contributed by atoms with Crippen LogP contribution in [0.3, 0.4) is 0 Å². The van der Waals surface area contributed by atoms with E-state index in [-0.39, 0.29) is 6.04 Å². The predicted octanol–water partition coefficient (Wildman–Crippen LogP) is 0.479. The summed E-state index contributed by atoms with van der Waals surface area (Å²) < 4.78 is 0. The normalized spacial score (nSPS) is 28.8. The predicted molar refractivity (Wildman–Crippen MR) is 25.7 cm³/mol. The van der Waals surface area contributed by atoms with E-state index < -0.39 is 0 Å². The van der Waals surface area contributed by atoms with Crippen LogP contribution in [0.15, 0.2) is 4.99 Å². The monoisotopic (exact) mass is 82.1 g/mol. The van der Waals surface area contributed by atoms with Crippen LogP contribution in [0.4, 0.5) is 0 Å². The number of aliphatic imine (C=N–C) groups is 1. The molecule has 0 fully saturated rings. The van der Waals surface area contributed by atoms with Crippen LogP contribution in [0, 0.1) is 5.41 Å². The Hall–Kier alpha value is -0.660. The first-order valence-electron chi connectivity index (χ1n) is 1.89. The fourth-order valence-corrected chi connectivity index (χ4v) is 0.340. The van der Waals surface area contributed by atoms with Gasteiger partial charge in [-0.3, -0.25) is 4.99 Å². The smallest absolute Gasteiger partial charge is 0.122 e. The molecule has 0 spiro atoms. The van der Waals surface area contributed by atoms with Gasteiger partial charge in [-0.2, -0.15) is 0 Å². The quantitative estimate of drug-likeness (QED) is 0.447. The largest absolute Gasteiger partial charge is 0.310 e. The molecule has 1 N–H and O–H groups in total. The number of hydrogen-bond donors (Lipinski definition) is 1. The number of hydrogen-bond acceptors (Lipinski definition) is 2. The molecule has 32 valence electrons. The van der Waals surface area contributed by atoms with E-state index in [1.807, 2.05) is 6.92 Å². The van der Waals surface area contributed by atoms with Crippen molar-refractivity contribution in [2.24, 2.45) is 4.99 Å². The minimum atomic E-state index is 0.185. The van der Waals surface area contributed by atoms with Gasteiger partial charge in [0.1, 0.15) is 6.04 Å². The van der Waals surface area contributed by atoms with Crippen LogP contribution in [-0.4, -0.2) is 18.0 Å². The lowest BCUT2D eigenvalue weighted by atomic mass is 10.4. The first kappa shape index (κ1) is 3.53. The molecule has 6 heavy (non-hydrogen) atoms. The minimum absolute atomic E-state index is 0.185. The Balaban J connectivity index is 2.35. The van der Waals surface area contributed by atoms with Crippen LogP contribution < -0.4 is 0 Å². The molecule has 0 saturated carbocycles. The maximum atomic E-state index is 6.61. The second kappa shape index (κ2) is 0.899. The summed E-state index contributed by atoms with van der Waals surface area (Å²) in [4.78, 5) is 3.85. The maximum Gasteiger partial charge on any atom is 0.122 e. The van der Waals surface area contributed by atoms with E-state index in [0.717, 1.165) is 5.71 Å². The standard InChI is InChI=1S/C4H6N2/c1-3-4(2-5)6-3/h2,4-5H,1H3. The van der Waals surface area contributed by atoms with Gasteiger partial charge in [0.05, 0.1) is 0 Å². The van der Waals surface area contributed by atoms with Crippen molar-refractivity contribution in [3.05, 3.63) is 0 Å². The molecule has 1 atom stereocenters. The first-order chi connectivity index (χ1) is 2.84. The highest BCUT2D eigenvalue weighted by molar-refractivity contribution is 6.11. The third-order valence-corrected chi connectivity index (χ3v) is 0.861. The van der Waals surface area contributed by atoms with Crippen LogP contribution in [0.5, 0.6) is 0 Å². The van der Waals surface area contributed by atoms with E-state index in [0.29, 0.717) is 0 Å². The molecule has 0 amide bonds. The molecule has 1 rings (SSSR count). The Morgan fingerprint density at radius 2 is 2.50 bits per heavy atom. The summed E-state index contributed by atoms with van der Waals surface area (Å²) in [6.45, 7) is 1.93. The summed E-state index contributed by atoms with van der Waals surface area (Å²) in [5, 5.41) is 6.61. The van der Waals surface area contributed by atoms with Crippen molar-refractivity contribution >= 4 is 11.9 Å². The summed E-state index contributed by atoms with van der Waals surface area (Å²) in [6, 6.07) is 0.185. The van der Waals surface area contributed by atoms with Crippen LogP contribution in [0.25, 0.3) is 0 Å². The molecule has 2 heteroatoms. The molecule has 1 aliphatic heterocycles. The van der Waals surface area contributed by atoms with Gasteiger partial charge in [0, 0.05) is 11.9 Å². The molecule has 0 radical (unpaired) electrons. The molecular weight excluding hydrogens is 76.1 g/mol. The Morgan fingerprint density at radius 3 is 2.50 bits per heavy atom.